The summed E-state index contributed by atoms with van der Waals surface area (Å²) in [6, 6.07) is 4.10. The number of benzene rings is 1. The van der Waals surface area contributed by atoms with Crippen LogP contribution in [0, 0.1) is 17.7 Å². The van der Waals surface area contributed by atoms with Crippen LogP contribution in [0.4, 0.5) is 4.39 Å². The molecule has 2 unspecified atom stereocenters. The summed E-state index contributed by atoms with van der Waals surface area (Å²) in [5, 5.41) is 9.33. The minimum absolute atomic E-state index is 0.00777. The molecule has 2 atom stereocenters. The minimum Gasteiger partial charge on any atom is -0.396 e. The van der Waals surface area contributed by atoms with Crippen LogP contribution in [0.3, 0.4) is 0 Å². The first-order valence-corrected chi connectivity index (χ1v) is 5.66. The van der Waals surface area contributed by atoms with Crippen molar-refractivity contribution in [2.75, 3.05) is 6.61 Å². The number of aliphatic hydroxyl groups is 1. The zero-order valence-electron chi connectivity index (χ0n) is 9.45. The Balaban J connectivity index is 2.94. The lowest BCUT2D eigenvalue weighted by molar-refractivity contribution is 0.166. The summed E-state index contributed by atoms with van der Waals surface area (Å²) in [7, 11) is 0. The lowest BCUT2D eigenvalue weighted by atomic mass is 9.86. The minimum atomic E-state index is -0.456. The lowest BCUT2D eigenvalue weighted by Gasteiger charge is -2.25. The fourth-order valence-corrected chi connectivity index (χ4v) is 1.89. The van der Waals surface area contributed by atoms with Crippen molar-refractivity contribution in [2.45, 2.75) is 19.9 Å². The fraction of sp³-hybridized carbons (Fsp3) is 0.500. The molecular formula is C12H17ClFNO. The summed E-state index contributed by atoms with van der Waals surface area (Å²) in [5.74, 6) is -0.256. The van der Waals surface area contributed by atoms with Crippen molar-refractivity contribution in [3.8, 4) is 0 Å². The SMILES string of the molecule is CC(C)C(CO)C(N)c1ccc(F)c(Cl)c1. The first-order valence-electron chi connectivity index (χ1n) is 5.28. The van der Waals surface area contributed by atoms with Crippen molar-refractivity contribution in [3.63, 3.8) is 0 Å². The van der Waals surface area contributed by atoms with Crippen LogP contribution >= 0.6 is 11.6 Å². The molecule has 1 aromatic carbocycles. The summed E-state index contributed by atoms with van der Waals surface area (Å²) in [4.78, 5) is 0. The van der Waals surface area contributed by atoms with Gasteiger partial charge in [0, 0.05) is 18.6 Å². The molecule has 0 aliphatic carbocycles. The number of nitrogens with two attached hydrogens (primary N) is 1. The van der Waals surface area contributed by atoms with E-state index in [-0.39, 0.29) is 29.5 Å². The van der Waals surface area contributed by atoms with Gasteiger partial charge in [-0.25, -0.2) is 4.39 Å². The van der Waals surface area contributed by atoms with Gasteiger partial charge in [-0.05, 0) is 23.6 Å². The van der Waals surface area contributed by atoms with Gasteiger partial charge in [0.1, 0.15) is 5.82 Å². The highest BCUT2D eigenvalue weighted by Gasteiger charge is 2.22. The van der Waals surface area contributed by atoms with E-state index in [1.807, 2.05) is 13.8 Å². The number of halogens is 2. The molecule has 0 amide bonds. The van der Waals surface area contributed by atoms with Crippen molar-refractivity contribution in [3.05, 3.63) is 34.6 Å². The van der Waals surface area contributed by atoms with E-state index in [0.29, 0.717) is 0 Å². The Labute approximate surface area is 100 Å². The van der Waals surface area contributed by atoms with E-state index >= 15 is 0 Å². The molecule has 0 fully saturated rings. The predicted octanol–water partition coefficient (Wildman–Crippen LogP) is 2.74. The summed E-state index contributed by atoms with van der Waals surface area (Å²) >= 11 is 5.69. The number of hydrogen-bond donors (Lipinski definition) is 2. The van der Waals surface area contributed by atoms with Gasteiger partial charge in [-0.1, -0.05) is 31.5 Å². The molecule has 3 N–H and O–H groups in total. The van der Waals surface area contributed by atoms with Crippen LogP contribution < -0.4 is 5.73 Å². The highest BCUT2D eigenvalue weighted by Crippen LogP contribution is 2.28. The summed E-state index contributed by atoms with van der Waals surface area (Å²) in [6.45, 7) is 3.99. The molecule has 0 heterocycles. The van der Waals surface area contributed by atoms with E-state index in [2.05, 4.69) is 0 Å². The molecule has 0 aliphatic heterocycles. The largest absolute Gasteiger partial charge is 0.396 e. The Bertz CT molecular complexity index is 357. The zero-order chi connectivity index (χ0) is 12.3. The van der Waals surface area contributed by atoms with Crippen molar-refractivity contribution >= 4 is 11.6 Å². The lowest BCUT2D eigenvalue weighted by Crippen LogP contribution is -2.28. The van der Waals surface area contributed by atoms with Crippen molar-refractivity contribution in [2.24, 2.45) is 17.6 Å². The molecule has 16 heavy (non-hydrogen) atoms. The van der Waals surface area contributed by atoms with E-state index in [9.17, 15) is 9.50 Å². The molecule has 2 nitrogen and oxygen atoms in total. The van der Waals surface area contributed by atoms with Gasteiger partial charge >= 0.3 is 0 Å². The summed E-state index contributed by atoms with van der Waals surface area (Å²) in [6.07, 6.45) is 0. The molecule has 1 rings (SSSR count). The molecule has 0 bridgehead atoms. The highest BCUT2D eigenvalue weighted by atomic mass is 35.5. The topological polar surface area (TPSA) is 46.2 Å². The first kappa shape index (κ1) is 13.4. The number of rotatable bonds is 4. The van der Waals surface area contributed by atoms with Crippen LogP contribution in [0.15, 0.2) is 18.2 Å². The molecule has 0 spiro atoms. The Morgan fingerprint density at radius 1 is 1.44 bits per heavy atom. The van der Waals surface area contributed by atoms with Crippen LogP contribution in [-0.4, -0.2) is 11.7 Å². The van der Waals surface area contributed by atoms with Gasteiger partial charge in [0.2, 0.25) is 0 Å². The van der Waals surface area contributed by atoms with E-state index in [1.165, 1.54) is 12.1 Å². The summed E-state index contributed by atoms with van der Waals surface area (Å²) < 4.78 is 13.0. The van der Waals surface area contributed by atoms with Crippen molar-refractivity contribution in [1.82, 2.24) is 0 Å². The number of hydrogen-bond acceptors (Lipinski definition) is 2. The Kier molecular flexibility index (Phi) is 4.71. The maximum atomic E-state index is 13.0. The third-order valence-electron chi connectivity index (χ3n) is 2.86. The van der Waals surface area contributed by atoms with Gasteiger partial charge in [0.05, 0.1) is 5.02 Å². The summed E-state index contributed by atoms with van der Waals surface area (Å²) in [5.41, 5.74) is 6.78. The predicted molar refractivity (Wildman–Crippen MR) is 63.8 cm³/mol. The molecule has 1 aromatic rings. The van der Waals surface area contributed by atoms with Gasteiger partial charge in [-0.3, -0.25) is 0 Å². The Morgan fingerprint density at radius 3 is 2.50 bits per heavy atom. The van der Waals surface area contributed by atoms with Crippen molar-refractivity contribution in [1.29, 1.82) is 0 Å². The fourth-order valence-electron chi connectivity index (χ4n) is 1.71. The van der Waals surface area contributed by atoms with Crippen LogP contribution in [0.5, 0.6) is 0 Å². The molecule has 0 saturated heterocycles. The average Bonchev–Trinajstić information content (AvgIpc) is 2.22. The second-order valence-electron chi connectivity index (χ2n) is 4.29. The van der Waals surface area contributed by atoms with Gasteiger partial charge in [-0.15, -0.1) is 0 Å². The van der Waals surface area contributed by atoms with Crippen LogP contribution in [0.2, 0.25) is 5.02 Å². The average molecular weight is 246 g/mol. The van der Waals surface area contributed by atoms with Gasteiger partial charge in [-0.2, -0.15) is 0 Å². The Morgan fingerprint density at radius 2 is 2.06 bits per heavy atom. The third kappa shape index (κ3) is 2.94. The molecule has 4 heteroatoms. The van der Waals surface area contributed by atoms with Gasteiger partial charge < -0.3 is 10.8 Å². The molecule has 0 saturated carbocycles. The third-order valence-corrected chi connectivity index (χ3v) is 3.15. The molecule has 90 valence electrons. The quantitative estimate of drug-likeness (QED) is 0.857. The number of aliphatic hydroxyl groups excluding tert-OH is 1. The molecule has 0 aromatic heterocycles. The Hall–Kier alpha value is -0.640. The highest BCUT2D eigenvalue weighted by molar-refractivity contribution is 6.30. The van der Waals surface area contributed by atoms with Crippen LogP contribution in [0.1, 0.15) is 25.5 Å². The van der Waals surface area contributed by atoms with Crippen LogP contribution in [-0.2, 0) is 0 Å². The van der Waals surface area contributed by atoms with Gasteiger partial charge in [0.15, 0.2) is 0 Å². The standard InChI is InChI=1S/C12H17ClFNO/c1-7(2)9(6-16)12(15)8-3-4-11(14)10(13)5-8/h3-5,7,9,12,16H,6,15H2,1-2H3. The molecule has 0 aliphatic rings. The van der Waals surface area contributed by atoms with E-state index in [0.717, 1.165) is 5.56 Å². The maximum Gasteiger partial charge on any atom is 0.141 e. The van der Waals surface area contributed by atoms with Crippen LogP contribution in [0.25, 0.3) is 0 Å². The van der Waals surface area contributed by atoms with E-state index in [1.54, 1.807) is 6.07 Å². The maximum absolute atomic E-state index is 13.0. The second-order valence-corrected chi connectivity index (χ2v) is 4.70. The first-order chi connectivity index (χ1) is 7.47. The monoisotopic (exact) mass is 245 g/mol. The smallest absolute Gasteiger partial charge is 0.141 e. The van der Waals surface area contributed by atoms with Gasteiger partial charge in [0.25, 0.3) is 0 Å². The molecule has 0 radical (unpaired) electrons. The van der Waals surface area contributed by atoms with E-state index < -0.39 is 5.82 Å². The van der Waals surface area contributed by atoms with Crippen molar-refractivity contribution < 1.29 is 9.50 Å². The molecular weight excluding hydrogens is 229 g/mol. The zero-order valence-corrected chi connectivity index (χ0v) is 10.2. The normalized spacial score (nSPS) is 15.2. The van der Waals surface area contributed by atoms with E-state index in [4.69, 9.17) is 17.3 Å². The second kappa shape index (κ2) is 5.62.